The lowest BCUT2D eigenvalue weighted by Gasteiger charge is -2.24. The highest BCUT2D eigenvalue weighted by Crippen LogP contribution is 2.39. The highest BCUT2D eigenvalue weighted by atomic mass is 32.2. The minimum absolute atomic E-state index is 0.175. The fraction of sp³-hybridized carbons (Fsp3) is 0.350. The molecule has 0 aliphatic heterocycles. The average Bonchev–Trinajstić information content (AvgIpc) is 2.55. The van der Waals surface area contributed by atoms with Crippen LogP contribution >= 0.6 is 0 Å². The van der Waals surface area contributed by atoms with E-state index in [0.29, 0.717) is 28.4 Å². The lowest BCUT2D eigenvalue weighted by Crippen LogP contribution is -2.18. The molecule has 6 nitrogen and oxygen atoms in total. The van der Waals surface area contributed by atoms with E-state index in [2.05, 4.69) is 30.8 Å². The lowest BCUT2D eigenvalue weighted by molar-refractivity contribution is 0.102. The number of amides is 1. The van der Waals surface area contributed by atoms with Gasteiger partial charge in [-0.15, -0.1) is 0 Å². The Balaban J connectivity index is 2.49. The predicted octanol–water partition coefficient (Wildman–Crippen LogP) is 3.84. The third kappa shape index (κ3) is 5.08. The Morgan fingerprint density at radius 1 is 1.19 bits per heavy atom. The number of benzene rings is 2. The van der Waals surface area contributed by atoms with Crippen LogP contribution in [0.4, 0.5) is 17.1 Å². The van der Waals surface area contributed by atoms with E-state index in [-0.39, 0.29) is 11.3 Å². The van der Waals surface area contributed by atoms with Gasteiger partial charge in [0.15, 0.2) is 5.75 Å². The number of nitrogens with two attached hydrogens (primary N) is 1. The van der Waals surface area contributed by atoms with Gasteiger partial charge in [-0.3, -0.25) is 4.79 Å². The number of anilines is 3. The summed E-state index contributed by atoms with van der Waals surface area (Å²) >= 11 is -1.29. The van der Waals surface area contributed by atoms with Crippen molar-refractivity contribution in [2.24, 2.45) is 0 Å². The van der Waals surface area contributed by atoms with Crippen LogP contribution in [-0.2, 0) is 16.8 Å². The first-order valence-corrected chi connectivity index (χ1v) is 10.1. The SMILES string of the molecule is COc1c(NC(=O)c2ccc(C)c(N)c2)cc(C(C)(C)C)cc1N[S+](C)[O-]. The molecule has 0 heterocycles. The van der Waals surface area contributed by atoms with Gasteiger partial charge in [0.1, 0.15) is 11.9 Å². The molecule has 1 unspecified atom stereocenters. The molecule has 0 fully saturated rings. The Morgan fingerprint density at radius 2 is 1.81 bits per heavy atom. The Morgan fingerprint density at radius 3 is 2.33 bits per heavy atom. The van der Waals surface area contributed by atoms with Crippen LogP contribution in [0.2, 0.25) is 0 Å². The highest BCUT2D eigenvalue weighted by Gasteiger charge is 2.22. The number of hydrogen-bond donors (Lipinski definition) is 3. The van der Waals surface area contributed by atoms with Crippen molar-refractivity contribution in [2.45, 2.75) is 33.1 Å². The number of ether oxygens (including phenoxy) is 1. The average molecular weight is 390 g/mol. The van der Waals surface area contributed by atoms with E-state index in [4.69, 9.17) is 10.5 Å². The zero-order chi connectivity index (χ0) is 20.4. The van der Waals surface area contributed by atoms with Crippen LogP contribution in [0.5, 0.6) is 5.75 Å². The summed E-state index contributed by atoms with van der Waals surface area (Å²) in [6, 6.07) is 8.93. The van der Waals surface area contributed by atoms with Crippen LogP contribution in [0.1, 0.15) is 42.3 Å². The summed E-state index contributed by atoms with van der Waals surface area (Å²) in [7, 11) is 1.51. The van der Waals surface area contributed by atoms with Crippen LogP contribution in [0.25, 0.3) is 0 Å². The molecule has 0 radical (unpaired) electrons. The number of carbonyl (C=O) groups is 1. The van der Waals surface area contributed by atoms with Gasteiger partial charge in [-0.25, -0.2) is 4.72 Å². The maximum absolute atomic E-state index is 12.7. The van der Waals surface area contributed by atoms with E-state index in [1.165, 1.54) is 13.4 Å². The van der Waals surface area contributed by atoms with E-state index in [1.807, 2.05) is 19.1 Å². The minimum Gasteiger partial charge on any atom is -0.593 e. The molecule has 1 atom stereocenters. The Kier molecular flexibility index (Phi) is 6.28. The van der Waals surface area contributed by atoms with Crippen LogP contribution in [0.3, 0.4) is 0 Å². The van der Waals surface area contributed by atoms with E-state index in [9.17, 15) is 9.35 Å². The molecule has 0 aliphatic carbocycles. The molecule has 7 heteroatoms. The maximum atomic E-state index is 12.7. The van der Waals surface area contributed by atoms with Gasteiger partial charge in [0.25, 0.3) is 5.91 Å². The third-order valence-corrected chi connectivity index (χ3v) is 4.71. The Bertz CT molecular complexity index is 845. The van der Waals surface area contributed by atoms with Crippen molar-refractivity contribution < 1.29 is 14.1 Å². The number of nitrogen functional groups attached to an aromatic ring is 1. The first-order valence-electron chi connectivity index (χ1n) is 8.53. The summed E-state index contributed by atoms with van der Waals surface area (Å²) in [5.74, 6) is 0.126. The van der Waals surface area contributed by atoms with Gasteiger partial charge in [0.2, 0.25) is 0 Å². The zero-order valence-corrected chi connectivity index (χ0v) is 17.4. The second-order valence-corrected chi connectivity index (χ2v) is 8.55. The largest absolute Gasteiger partial charge is 0.593 e. The van der Waals surface area contributed by atoms with Crippen molar-refractivity contribution >= 4 is 34.3 Å². The van der Waals surface area contributed by atoms with Gasteiger partial charge in [0.05, 0.1) is 24.2 Å². The van der Waals surface area contributed by atoms with Crippen LogP contribution in [-0.4, -0.2) is 23.8 Å². The van der Waals surface area contributed by atoms with Crippen molar-refractivity contribution in [3.8, 4) is 5.75 Å². The minimum atomic E-state index is -1.29. The summed E-state index contributed by atoms with van der Waals surface area (Å²) in [4.78, 5) is 12.7. The van der Waals surface area contributed by atoms with E-state index >= 15 is 0 Å². The second-order valence-electron chi connectivity index (χ2n) is 7.44. The second kappa shape index (κ2) is 8.10. The molecule has 0 spiro atoms. The summed E-state index contributed by atoms with van der Waals surface area (Å²) in [6.45, 7) is 8.07. The van der Waals surface area contributed by atoms with Crippen molar-refractivity contribution in [3.63, 3.8) is 0 Å². The molecule has 4 N–H and O–H groups in total. The molecule has 1 amide bonds. The number of hydrogen-bond acceptors (Lipinski definition) is 5. The zero-order valence-electron chi connectivity index (χ0n) is 16.6. The molecule has 0 aromatic heterocycles. The topological polar surface area (TPSA) is 99.4 Å². The van der Waals surface area contributed by atoms with Crippen molar-refractivity contribution in [3.05, 3.63) is 47.0 Å². The smallest absolute Gasteiger partial charge is 0.255 e. The monoisotopic (exact) mass is 389 g/mol. The number of nitrogens with one attached hydrogen (secondary N) is 2. The molecular weight excluding hydrogens is 362 g/mol. The van der Waals surface area contributed by atoms with Gasteiger partial charge >= 0.3 is 0 Å². The summed E-state index contributed by atoms with van der Waals surface area (Å²) in [5, 5.41) is 2.89. The van der Waals surface area contributed by atoms with Gasteiger partial charge in [-0.2, -0.15) is 0 Å². The normalized spacial score (nSPS) is 12.4. The van der Waals surface area contributed by atoms with Gasteiger partial charge in [-0.1, -0.05) is 26.8 Å². The molecule has 0 bridgehead atoms. The van der Waals surface area contributed by atoms with Gasteiger partial charge in [-0.05, 0) is 47.7 Å². The maximum Gasteiger partial charge on any atom is 0.255 e. The summed E-state index contributed by atoms with van der Waals surface area (Å²) in [5.41, 5.74) is 9.70. The first kappa shape index (κ1) is 20.9. The van der Waals surface area contributed by atoms with E-state index < -0.39 is 11.4 Å². The van der Waals surface area contributed by atoms with Crippen molar-refractivity contribution in [1.82, 2.24) is 0 Å². The molecule has 2 aromatic rings. The molecule has 0 saturated carbocycles. The van der Waals surface area contributed by atoms with E-state index in [0.717, 1.165) is 11.1 Å². The quantitative estimate of drug-likeness (QED) is 0.533. The fourth-order valence-corrected chi connectivity index (χ4v) is 3.04. The van der Waals surface area contributed by atoms with Crippen LogP contribution in [0, 0.1) is 6.92 Å². The summed E-state index contributed by atoms with van der Waals surface area (Å²) in [6.07, 6.45) is 1.54. The Labute approximate surface area is 163 Å². The molecule has 0 aliphatic rings. The van der Waals surface area contributed by atoms with Crippen LogP contribution in [0.15, 0.2) is 30.3 Å². The van der Waals surface area contributed by atoms with Crippen molar-refractivity contribution in [2.75, 3.05) is 29.1 Å². The number of methoxy groups -OCH3 is 1. The fourth-order valence-electron chi connectivity index (χ4n) is 2.58. The third-order valence-electron chi connectivity index (χ3n) is 4.20. The standard InChI is InChI=1S/C20H27N3O3S/c1-12-7-8-13(9-15(12)21)19(24)22-16-10-14(20(2,3)4)11-17(18(16)26-5)23-27(6)25/h7-11,23H,21H2,1-6H3,(H,22,24). The molecule has 0 saturated heterocycles. The van der Waals surface area contributed by atoms with Crippen molar-refractivity contribution in [1.29, 1.82) is 0 Å². The summed E-state index contributed by atoms with van der Waals surface area (Å²) < 4.78 is 20.1. The molecule has 146 valence electrons. The van der Waals surface area contributed by atoms with Crippen LogP contribution < -0.4 is 20.5 Å². The molecule has 27 heavy (non-hydrogen) atoms. The number of rotatable bonds is 5. The predicted molar refractivity (Wildman–Crippen MR) is 113 cm³/mol. The molecule has 2 aromatic carbocycles. The number of carbonyl (C=O) groups excluding carboxylic acids is 1. The van der Waals surface area contributed by atoms with Gasteiger partial charge < -0.3 is 20.3 Å². The lowest BCUT2D eigenvalue weighted by atomic mass is 9.86. The molecular formula is C20H27N3O3S. The van der Waals surface area contributed by atoms with Gasteiger partial charge in [0, 0.05) is 11.3 Å². The van der Waals surface area contributed by atoms with E-state index in [1.54, 1.807) is 18.2 Å². The molecule has 2 rings (SSSR count). The number of aryl methyl sites for hydroxylation is 1. The first-order chi connectivity index (χ1) is 12.5. The highest BCUT2D eigenvalue weighted by molar-refractivity contribution is 7.92. The Hall–Kier alpha value is -2.38.